The zero-order chi connectivity index (χ0) is 17.1. The lowest BCUT2D eigenvalue weighted by molar-refractivity contribution is -0.118. The molecule has 0 bridgehead atoms. The number of ether oxygens (including phenoxy) is 1. The molecule has 0 saturated heterocycles. The van der Waals surface area contributed by atoms with Crippen molar-refractivity contribution in [3.8, 4) is 5.75 Å². The van der Waals surface area contributed by atoms with Crippen LogP contribution in [0.5, 0.6) is 5.75 Å². The normalized spacial score (nSPS) is 12.5. The van der Waals surface area contributed by atoms with Crippen molar-refractivity contribution in [3.05, 3.63) is 48.0 Å². The topological polar surface area (TPSA) is 96.5 Å². The van der Waals surface area contributed by atoms with Crippen LogP contribution in [0.15, 0.2) is 42.5 Å². The van der Waals surface area contributed by atoms with Gasteiger partial charge in [-0.25, -0.2) is 0 Å². The summed E-state index contributed by atoms with van der Waals surface area (Å²) in [6, 6.07) is 11.7. The average Bonchev–Trinajstić information content (AvgIpc) is 2.55. The number of fused-ring (bicyclic) bond motifs is 1. The van der Waals surface area contributed by atoms with E-state index in [0.717, 1.165) is 0 Å². The lowest BCUT2D eigenvalue weighted by Crippen LogP contribution is -2.26. The number of carbonyl (C=O) groups is 3. The van der Waals surface area contributed by atoms with Gasteiger partial charge in [-0.1, -0.05) is 12.1 Å². The molecule has 3 amide bonds. The molecular formula is C17H15N3O4. The number of carbonyl (C=O) groups excluding carboxylic acids is 3. The third kappa shape index (κ3) is 3.35. The minimum atomic E-state index is -0.365. The summed E-state index contributed by atoms with van der Waals surface area (Å²) in [5, 5.41) is 8.05. The van der Waals surface area contributed by atoms with Gasteiger partial charge in [0.15, 0.2) is 6.61 Å². The van der Waals surface area contributed by atoms with Crippen molar-refractivity contribution in [2.24, 2.45) is 0 Å². The highest BCUT2D eigenvalue weighted by Gasteiger charge is 2.20. The molecule has 7 nitrogen and oxygen atoms in total. The van der Waals surface area contributed by atoms with Crippen molar-refractivity contribution in [2.75, 3.05) is 22.6 Å². The van der Waals surface area contributed by atoms with Crippen LogP contribution in [0.4, 0.5) is 17.1 Å². The number of nitrogens with one attached hydrogen (secondary N) is 3. The van der Waals surface area contributed by atoms with Crippen molar-refractivity contribution in [1.82, 2.24) is 0 Å². The molecule has 1 aliphatic heterocycles. The maximum absolute atomic E-state index is 12.4. The Morgan fingerprint density at radius 3 is 2.71 bits per heavy atom. The first-order chi connectivity index (χ1) is 11.5. The molecule has 122 valence electrons. The quantitative estimate of drug-likeness (QED) is 0.806. The highest BCUT2D eigenvalue weighted by molar-refractivity contribution is 6.09. The van der Waals surface area contributed by atoms with Crippen molar-refractivity contribution >= 4 is 34.8 Å². The third-order valence-corrected chi connectivity index (χ3v) is 3.34. The summed E-state index contributed by atoms with van der Waals surface area (Å²) in [7, 11) is 0. The average molecular weight is 325 g/mol. The summed E-state index contributed by atoms with van der Waals surface area (Å²) >= 11 is 0. The Labute approximate surface area is 138 Å². The zero-order valence-corrected chi connectivity index (χ0v) is 12.9. The SMILES string of the molecule is CC(=O)Nc1cccc(C(=O)Nc2cccc3c2NC(=O)CO3)c1. The summed E-state index contributed by atoms with van der Waals surface area (Å²) in [4.78, 5) is 35.0. The fraction of sp³-hybridized carbons (Fsp3) is 0.118. The van der Waals surface area contributed by atoms with E-state index < -0.39 is 0 Å². The predicted octanol–water partition coefficient (Wildman–Crippen LogP) is 2.23. The van der Waals surface area contributed by atoms with Crippen LogP contribution in [0.25, 0.3) is 0 Å². The van der Waals surface area contributed by atoms with Gasteiger partial charge in [0.25, 0.3) is 11.8 Å². The molecule has 0 atom stereocenters. The Morgan fingerprint density at radius 2 is 1.92 bits per heavy atom. The van der Waals surface area contributed by atoms with Crippen LogP contribution in [-0.2, 0) is 9.59 Å². The Balaban J connectivity index is 1.83. The van der Waals surface area contributed by atoms with Gasteiger partial charge >= 0.3 is 0 Å². The minimum Gasteiger partial charge on any atom is -0.481 e. The summed E-state index contributed by atoms with van der Waals surface area (Å²) in [6.07, 6.45) is 0. The van der Waals surface area contributed by atoms with Crippen LogP contribution in [0, 0.1) is 0 Å². The lowest BCUT2D eigenvalue weighted by Gasteiger charge is -2.20. The summed E-state index contributed by atoms with van der Waals surface area (Å²) < 4.78 is 5.32. The summed E-state index contributed by atoms with van der Waals surface area (Å²) in [5.74, 6) is -0.365. The van der Waals surface area contributed by atoms with E-state index in [1.165, 1.54) is 6.92 Å². The predicted molar refractivity (Wildman–Crippen MR) is 89.3 cm³/mol. The molecular weight excluding hydrogens is 310 g/mol. The first kappa shape index (κ1) is 15.5. The fourth-order valence-electron chi connectivity index (χ4n) is 2.34. The number of amides is 3. The van der Waals surface area contributed by atoms with Gasteiger partial charge in [-0.3, -0.25) is 14.4 Å². The van der Waals surface area contributed by atoms with Crippen LogP contribution in [0.3, 0.4) is 0 Å². The molecule has 0 aromatic heterocycles. The van der Waals surface area contributed by atoms with Crippen LogP contribution in [0.2, 0.25) is 0 Å². The molecule has 0 radical (unpaired) electrons. The van der Waals surface area contributed by atoms with Gasteiger partial charge in [-0.2, -0.15) is 0 Å². The number of rotatable bonds is 3. The van der Waals surface area contributed by atoms with E-state index in [0.29, 0.717) is 28.4 Å². The molecule has 3 N–H and O–H groups in total. The van der Waals surface area contributed by atoms with E-state index in [4.69, 9.17) is 4.74 Å². The number of benzene rings is 2. The van der Waals surface area contributed by atoms with Crippen LogP contribution in [0.1, 0.15) is 17.3 Å². The van der Waals surface area contributed by atoms with E-state index in [2.05, 4.69) is 16.0 Å². The molecule has 0 saturated carbocycles. The lowest BCUT2D eigenvalue weighted by atomic mass is 10.1. The van der Waals surface area contributed by atoms with E-state index >= 15 is 0 Å². The number of hydrogen-bond acceptors (Lipinski definition) is 4. The second-order valence-electron chi connectivity index (χ2n) is 5.23. The Kier molecular flexibility index (Phi) is 4.15. The number of hydrogen-bond donors (Lipinski definition) is 3. The highest BCUT2D eigenvalue weighted by atomic mass is 16.5. The second-order valence-corrected chi connectivity index (χ2v) is 5.23. The Hall–Kier alpha value is -3.35. The molecule has 3 rings (SSSR count). The van der Waals surface area contributed by atoms with E-state index in [9.17, 15) is 14.4 Å². The molecule has 24 heavy (non-hydrogen) atoms. The van der Waals surface area contributed by atoms with Crippen molar-refractivity contribution in [2.45, 2.75) is 6.92 Å². The molecule has 2 aromatic rings. The minimum absolute atomic E-state index is 0.0524. The maximum Gasteiger partial charge on any atom is 0.262 e. The molecule has 0 aliphatic carbocycles. The Morgan fingerprint density at radius 1 is 1.12 bits per heavy atom. The second kappa shape index (κ2) is 6.41. The first-order valence-corrected chi connectivity index (χ1v) is 7.27. The van der Waals surface area contributed by atoms with E-state index in [-0.39, 0.29) is 24.3 Å². The first-order valence-electron chi connectivity index (χ1n) is 7.27. The van der Waals surface area contributed by atoms with Gasteiger partial charge < -0.3 is 20.7 Å². The van der Waals surface area contributed by atoms with Gasteiger partial charge in [0, 0.05) is 18.2 Å². The van der Waals surface area contributed by atoms with Gasteiger partial charge in [0.1, 0.15) is 11.4 Å². The van der Waals surface area contributed by atoms with Crippen LogP contribution < -0.4 is 20.7 Å². The molecule has 2 aromatic carbocycles. The maximum atomic E-state index is 12.4. The molecule has 1 heterocycles. The summed E-state index contributed by atoms with van der Waals surface area (Å²) in [5.41, 5.74) is 1.78. The van der Waals surface area contributed by atoms with Crippen molar-refractivity contribution in [1.29, 1.82) is 0 Å². The molecule has 1 aliphatic rings. The largest absolute Gasteiger partial charge is 0.481 e. The molecule has 0 spiro atoms. The summed E-state index contributed by atoms with van der Waals surface area (Å²) in [6.45, 7) is 1.34. The highest BCUT2D eigenvalue weighted by Crippen LogP contribution is 2.35. The molecule has 0 unspecified atom stereocenters. The van der Waals surface area contributed by atoms with Crippen LogP contribution >= 0.6 is 0 Å². The van der Waals surface area contributed by atoms with Gasteiger partial charge in [-0.05, 0) is 30.3 Å². The Bertz CT molecular complexity index is 832. The number of anilines is 3. The van der Waals surface area contributed by atoms with Gasteiger partial charge in [0.05, 0.1) is 5.69 Å². The molecule has 7 heteroatoms. The zero-order valence-electron chi connectivity index (χ0n) is 12.9. The van der Waals surface area contributed by atoms with Gasteiger partial charge in [0.2, 0.25) is 5.91 Å². The van der Waals surface area contributed by atoms with E-state index in [1.54, 1.807) is 42.5 Å². The standard InChI is InChI=1S/C17H15N3O4/c1-10(21)18-12-5-2-4-11(8-12)17(23)19-13-6-3-7-14-16(13)20-15(22)9-24-14/h2-8H,9H2,1H3,(H,18,21)(H,19,23)(H,20,22). The fourth-order valence-corrected chi connectivity index (χ4v) is 2.34. The molecule has 0 fully saturated rings. The number of para-hydroxylation sites is 1. The van der Waals surface area contributed by atoms with Crippen LogP contribution in [-0.4, -0.2) is 24.3 Å². The third-order valence-electron chi connectivity index (χ3n) is 3.34. The van der Waals surface area contributed by atoms with E-state index in [1.807, 2.05) is 0 Å². The smallest absolute Gasteiger partial charge is 0.262 e. The van der Waals surface area contributed by atoms with Crippen molar-refractivity contribution in [3.63, 3.8) is 0 Å². The monoisotopic (exact) mass is 325 g/mol. The van der Waals surface area contributed by atoms with Gasteiger partial charge in [-0.15, -0.1) is 0 Å². The van der Waals surface area contributed by atoms with Crippen molar-refractivity contribution < 1.29 is 19.1 Å².